The lowest BCUT2D eigenvalue weighted by Crippen LogP contribution is -2.36. The number of piperidine rings is 1. The van der Waals surface area contributed by atoms with Gasteiger partial charge in [0.15, 0.2) is 0 Å². The molecule has 17 heavy (non-hydrogen) atoms. The topological polar surface area (TPSA) is 58.4 Å². The van der Waals surface area contributed by atoms with E-state index in [-0.39, 0.29) is 5.91 Å². The molecule has 1 aromatic rings. The number of nitrogens with zero attached hydrogens (tertiary/aromatic N) is 1. The Hall–Kier alpha value is -1.07. The van der Waals surface area contributed by atoms with Gasteiger partial charge in [-0.15, -0.1) is 11.3 Å². The number of nitrogen functional groups attached to an aromatic ring is 1. The first-order chi connectivity index (χ1) is 8.16. The van der Waals surface area contributed by atoms with E-state index < -0.39 is 0 Å². The highest BCUT2D eigenvalue weighted by Crippen LogP contribution is 2.19. The number of carbonyl (C=O) groups is 1. The molecule has 2 heterocycles. The Morgan fingerprint density at radius 2 is 2.29 bits per heavy atom. The summed E-state index contributed by atoms with van der Waals surface area (Å²) in [5, 5.41) is 4.83. The second-order valence-corrected chi connectivity index (χ2v) is 5.58. The van der Waals surface area contributed by atoms with Crippen LogP contribution >= 0.6 is 11.3 Å². The average Bonchev–Trinajstić information content (AvgIpc) is 2.74. The molecule has 0 aromatic carbocycles. The third-order valence-corrected chi connectivity index (χ3v) is 4.22. The molecule has 94 valence electrons. The zero-order valence-electron chi connectivity index (χ0n) is 10.1. The summed E-state index contributed by atoms with van der Waals surface area (Å²) in [4.78, 5) is 14.8. The van der Waals surface area contributed by atoms with Crippen molar-refractivity contribution in [1.82, 2.24) is 10.2 Å². The summed E-state index contributed by atoms with van der Waals surface area (Å²) >= 11 is 1.40. The predicted octanol–water partition coefficient (Wildman–Crippen LogP) is 1.40. The van der Waals surface area contributed by atoms with Gasteiger partial charge in [0.05, 0.1) is 5.69 Å². The molecule has 3 N–H and O–H groups in total. The summed E-state index contributed by atoms with van der Waals surface area (Å²) in [5.74, 6) is 0.577. The van der Waals surface area contributed by atoms with Crippen molar-refractivity contribution in [3.63, 3.8) is 0 Å². The van der Waals surface area contributed by atoms with Crippen LogP contribution < -0.4 is 11.1 Å². The maximum Gasteiger partial charge on any atom is 0.263 e. The van der Waals surface area contributed by atoms with Crippen LogP contribution in [0.25, 0.3) is 0 Å². The molecule has 0 bridgehead atoms. The molecule has 5 heteroatoms. The van der Waals surface area contributed by atoms with Crippen LogP contribution in [-0.2, 0) is 0 Å². The fourth-order valence-corrected chi connectivity index (χ4v) is 2.82. The second-order valence-electron chi connectivity index (χ2n) is 4.66. The smallest absolute Gasteiger partial charge is 0.263 e. The maximum absolute atomic E-state index is 11.8. The fourth-order valence-electron chi connectivity index (χ4n) is 2.09. The zero-order chi connectivity index (χ0) is 12.3. The SMILES string of the molecule is CN1CCC(CNC(=O)c2sccc2N)CC1. The van der Waals surface area contributed by atoms with Crippen molar-refractivity contribution in [2.75, 3.05) is 32.4 Å². The lowest BCUT2D eigenvalue weighted by molar-refractivity contribution is 0.0944. The molecule has 1 fully saturated rings. The Bertz CT molecular complexity index is 383. The minimum absolute atomic E-state index is 0.0311. The number of nitrogens with one attached hydrogen (secondary N) is 1. The highest BCUT2D eigenvalue weighted by atomic mass is 32.1. The molecule has 1 aromatic heterocycles. The quantitative estimate of drug-likeness (QED) is 0.856. The van der Waals surface area contributed by atoms with Gasteiger partial charge in [-0.3, -0.25) is 4.79 Å². The average molecular weight is 253 g/mol. The number of hydrogen-bond acceptors (Lipinski definition) is 4. The van der Waals surface area contributed by atoms with E-state index in [0.717, 1.165) is 32.5 Å². The van der Waals surface area contributed by atoms with Gasteiger partial charge < -0.3 is 16.0 Å². The van der Waals surface area contributed by atoms with E-state index in [1.165, 1.54) is 11.3 Å². The van der Waals surface area contributed by atoms with Crippen molar-refractivity contribution in [3.05, 3.63) is 16.3 Å². The van der Waals surface area contributed by atoms with E-state index >= 15 is 0 Å². The van der Waals surface area contributed by atoms with Crippen molar-refractivity contribution < 1.29 is 4.79 Å². The first-order valence-corrected chi connectivity index (χ1v) is 6.84. The molecule has 4 nitrogen and oxygen atoms in total. The summed E-state index contributed by atoms with van der Waals surface area (Å²) in [6, 6.07) is 1.77. The van der Waals surface area contributed by atoms with E-state index in [2.05, 4.69) is 17.3 Å². The lowest BCUT2D eigenvalue weighted by Gasteiger charge is -2.28. The third kappa shape index (κ3) is 3.20. The second kappa shape index (κ2) is 5.51. The number of anilines is 1. The summed E-state index contributed by atoms with van der Waals surface area (Å²) in [7, 11) is 2.14. The molecule has 1 aliphatic rings. The molecular weight excluding hydrogens is 234 g/mol. The van der Waals surface area contributed by atoms with Gasteiger partial charge in [-0.1, -0.05) is 0 Å². The minimum Gasteiger partial charge on any atom is -0.397 e. The number of nitrogens with two attached hydrogens (primary N) is 1. The molecule has 1 aliphatic heterocycles. The van der Waals surface area contributed by atoms with Crippen LogP contribution in [0.4, 0.5) is 5.69 Å². The van der Waals surface area contributed by atoms with E-state index in [9.17, 15) is 4.79 Å². The summed E-state index contributed by atoms with van der Waals surface area (Å²) in [6.07, 6.45) is 2.33. The predicted molar refractivity (Wildman–Crippen MR) is 71.3 cm³/mol. The number of carbonyl (C=O) groups excluding carboxylic acids is 1. The van der Waals surface area contributed by atoms with Crippen LogP contribution in [0.3, 0.4) is 0 Å². The van der Waals surface area contributed by atoms with Gasteiger partial charge in [0.2, 0.25) is 0 Å². The van der Waals surface area contributed by atoms with Crippen LogP contribution in [0.1, 0.15) is 22.5 Å². The zero-order valence-corrected chi connectivity index (χ0v) is 10.9. The first-order valence-electron chi connectivity index (χ1n) is 5.96. The maximum atomic E-state index is 11.8. The largest absolute Gasteiger partial charge is 0.397 e. The van der Waals surface area contributed by atoms with Gasteiger partial charge in [-0.25, -0.2) is 0 Å². The fraction of sp³-hybridized carbons (Fsp3) is 0.583. The number of amides is 1. The molecule has 0 saturated carbocycles. The normalized spacial score (nSPS) is 18.2. The number of hydrogen-bond donors (Lipinski definition) is 2. The summed E-state index contributed by atoms with van der Waals surface area (Å²) in [6.45, 7) is 3.02. The lowest BCUT2D eigenvalue weighted by atomic mass is 9.97. The summed E-state index contributed by atoms with van der Waals surface area (Å²) < 4.78 is 0. The van der Waals surface area contributed by atoms with Crippen LogP contribution in [-0.4, -0.2) is 37.5 Å². The Kier molecular flexibility index (Phi) is 4.02. The van der Waals surface area contributed by atoms with Crippen molar-refractivity contribution in [2.24, 2.45) is 5.92 Å². The minimum atomic E-state index is -0.0311. The van der Waals surface area contributed by atoms with Crippen LogP contribution in [0.2, 0.25) is 0 Å². The van der Waals surface area contributed by atoms with Crippen molar-refractivity contribution in [1.29, 1.82) is 0 Å². The monoisotopic (exact) mass is 253 g/mol. The van der Waals surface area contributed by atoms with Gasteiger partial charge in [0, 0.05) is 6.54 Å². The Morgan fingerprint density at radius 3 is 2.88 bits per heavy atom. The highest BCUT2D eigenvalue weighted by Gasteiger charge is 2.18. The first kappa shape index (κ1) is 12.4. The van der Waals surface area contributed by atoms with Gasteiger partial charge in [0.1, 0.15) is 4.88 Å². The standard InChI is InChI=1S/C12H19N3OS/c1-15-5-2-9(3-6-15)8-14-12(16)11-10(13)4-7-17-11/h4,7,9H,2-3,5-6,8,13H2,1H3,(H,14,16). The van der Waals surface area contributed by atoms with E-state index in [4.69, 9.17) is 5.73 Å². The van der Waals surface area contributed by atoms with Gasteiger partial charge in [-0.2, -0.15) is 0 Å². The molecule has 0 spiro atoms. The van der Waals surface area contributed by atoms with E-state index in [1.54, 1.807) is 6.07 Å². The van der Waals surface area contributed by atoms with Crippen LogP contribution in [0.5, 0.6) is 0 Å². The molecule has 1 amide bonds. The van der Waals surface area contributed by atoms with Gasteiger partial charge in [-0.05, 0) is 50.3 Å². The van der Waals surface area contributed by atoms with Crippen LogP contribution in [0, 0.1) is 5.92 Å². The van der Waals surface area contributed by atoms with E-state index in [1.807, 2.05) is 5.38 Å². The summed E-state index contributed by atoms with van der Waals surface area (Å²) in [5.41, 5.74) is 6.29. The molecule has 0 radical (unpaired) electrons. The molecule has 0 aliphatic carbocycles. The Balaban J connectivity index is 1.79. The molecule has 2 rings (SSSR count). The molecular formula is C12H19N3OS. The Morgan fingerprint density at radius 1 is 1.59 bits per heavy atom. The Labute approximate surface area is 106 Å². The van der Waals surface area contributed by atoms with Gasteiger partial charge in [0.25, 0.3) is 5.91 Å². The number of thiophene rings is 1. The molecule has 0 unspecified atom stereocenters. The molecule has 1 saturated heterocycles. The van der Waals surface area contributed by atoms with Crippen molar-refractivity contribution in [3.8, 4) is 0 Å². The highest BCUT2D eigenvalue weighted by molar-refractivity contribution is 7.12. The van der Waals surface area contributed by atoms with E-state index in [0.29, 0.717) is 16.5 Å². The van der Waals surface area contributed by atoms with Gasteiger partial charge >= 0.3 is 0 Å². The van der Waals surface area contributed by atoms with Crippen molar-refractivity contribution in [2.45, 2.75) is 12.8 Å². The number of likely N-dealkylation sites (tertiary alicyclic amines) is 1. The number of rotatable bonds is 3. The van der Waals surface area contributed by atoms with Crippen molar-refractivity contribution >= 4 is 22.9 Å². The van der Waals surface area contributed by atoms with Crippen LogP contribution in [0.15, 0.2) is 11.4 Å². The third-order valence-electron chi connectivity index (χ3n) is 3.29. The molecule has 0 atom stereocenters.